The van der Waals surface area contributed by atoms with Gasteiger partial charge in [-0.05, 0) is 49.7 Å². The van der Waals surface area contributed by atoms with Crippen molar-refractivity contribution < 1.29 is 9.32 Å². The average Bonchev–Trinajstić information content (AvgIpc) is 2.96. The Balaban J connectivity index is 1.54. The molecule has 0 bridgehead atoms. The van der Waals surface area contributed by atoms with Crippen molar-refractivity contribution in [3.8, 4) is 0 Å². The average molecular weight is 384 g/mol. The Labute approximate surface area is 168 Å². The number of carbonyl (C=O) groups is 1. The lowest BCUT2D eigenvalue weighted by Crippen LogP contribution is -2.38. The summed E-state index contributed by atoms with van der Waals surface area (Å²) in [5, 5.41) is 7.04. The second-order valence-corrected chi connectivity index (χ2v) is 8.49. The zero-order valence-corrected chi connectivity index (χ0v) is 17.6. The van der Waals surface area contributed by atoms with Gasteiger partial charge in [0.25, 0.3) is 0 Å². The summed E-state index contributed by atoms with van der Waals surface area (Å²) in [5.74, 6) is 2.37. The van der Waals surface area contributed by atoms with E-state index in [1.807, 2.05) is 13.8 Å². The van der Waals surface area contributed by atoms with Crippen LogP contribution in [0.1, 0.15) is 54.8 Å². The number of benzene rings is 1. The number of nitrogens with zero attached hydrogens (tertiary/aromatic N) is 2. The highest BCUT2D eigenvalue weighted by Crippen LogP contribution is 2.23. The molecule has 0 radical (unpaired) electrons. The Kier molecular flexibility index (Phi) is 6.89. The number of nitrogens with one attached hydrogen (secondary N) is 1. The van der Waals surface area contributed by atoms with Gasteiger partial charge in [-0.1, -0.05) is 43.3 Å². The number of hydrogen-bond acceptors (Lipinski definition) is 4. The molecule has 152 valence electrons. The van der Waals surface area contributed by atoms with E-state index < -0.39 is 0 Å². The molecule has 2 heterocycles. The molecule has 0 spiro atoms. The van der Waals surface area contributed by atoms with Gasteiger partial charge in [0, 0.05) is 38.2 Å². The molecule has 1 fully saturated rings. The van der Waals surface area contributed by atoms with Gasteiger partial charge in [-0.15, -0.1) is 0 Å². The van der Waals surface area contributed by atoms with Crippen molar-refractivity contribution in [2.45, 2.75) is 60.0 Å². The largest absolute Gasteiger partial charge is 0.361 e. The summed E-state index contributed by atoms with van der Waals surface area (Å²) in [4.78, 5) is 14.9. The van der Waals surface area contributed by atoms with Crippen LogP contribution in [0.25, 0.3) is 0 Å². The highest BCUT2D eigenvalue weighted by atomic mass is 16.5. The van der Waals surface area contributed by atoms with E-state index in [9.17, 15) is 4.79 Å². The first-order valence-electron chi connectivity index (χ1n) is 10.4. The summed E-state index contributed by atoms with van der Waals surface area (Å²) in [6.07, 6.45) is 2.43. The zero-order valence-electron chi connectivity index (χ0n) is 17.6. The number of aryl methyl sites for hydroxylation is 2. The second-order valence-electron chi connectivity index (χ2n) is 8.49. The third-order valence-electron chi connectivity index (χ3n) is 5.72. The predicted molar refractivity (Wildman–Crippen MR) is 111 cm³/mol. The minimum Gasteiger partial charge on any atom is -0.361 e. The van der Waals surface area contributed by atoms with E-state index in [0.29, 0.717) is 19.4 Å². The second kappa shape index (κ2) is 9.37. The molecule has 1 aromatic heterocycles. The third-order valence-corrected chi connectivity index (χ3v) is 5.72. The molecule has 2 aromatic rings. The first-order valence-corrected chi connectivity index (χ1v) is 10.4. The van der Waals surface area contributed by atoms with Crippen molar-refractivity contribution in [2.75, 3.05) is 13.1 Å². The van der Waals surface area contributed by atoms with Crippen molar-refractivity contribution in [3.63, 3.8) is 0 Å². The number of piperidine rings is 1. The molecular formula is C23H33N3O2. The fourth-order valence-corrected chi connectivity index (χ4v) is 4.43. The van der Waals surface area contributed by atoms with E-state index in [1.54, 1.807) is 0 Å². The lowest BCUT2D eigenvalue weighted by Gasteiger charge is -2.35. The number of hydrogen-bond donors (Lipinski definition) is 1. The smallest absolute Gasteiger partial charge is 0.220 e. The van der Waals surface area contributed by atoms with E-state index in [4.69, 9.17) is 4.52 Å². The molecule has 1 aliphatic rings. The Hall–Kier alpha value is -2.14. The quantitative estimate of drug-likeness (QED) is 0.785. The van der Waals surface area contributed by atoms with E-state index in [2.05, 4.69) is 53.5 Å². The monoisotopic (exact) mass is 383 g/mol. The Morgan fingerprint density at radius 1 is 1.18 bits per heavy atom. The van der Waals surface area contributed by atoms with E-state index in [0.717, 1.165) is 48.5 Å². The van der Waals surface area contributed by atoms with Crippen molar-refractivity contribution in [3.05, 3.63) is 52.4 Å². The summed E-state index contributed by atoms with van der Waals surface area (Å²) >= 11 is 0. The van der Waals surface area contributed by atoms with Gasteiger partial charge in [0.2, 0.25) is 5.91 Å². The number of likely N-dealkylation sites (tertiary alicyclic amines) is 1. The van der Waals surface area contributed by atoms with E-state index >= 15 is 0 Å². The number of amides is 1. The van der Waals surface area contributed by atoms with Gasteiger partial charge in [0.1, 0.15) is 5.76 Å². The molecule has 2 unspecified atom stereocenters. The molecule has 5 heteroatoms. The van der Waals surface area contributed by atoms with Crippen molar-refractivity contribution >= 4 is 5.91 Å². The Bertz CT molecular complexity index is 769. The summed E-state index contributed by atoms with van der Waals surface area (Å²) in [7, 11) is 0. The predicted octanol–water partition coefficient (Wildman–Crippen LogP) is 4.02. The molecule has 5 nitrogen and oxygen atoms in total. The number of aromatic nitrogens is 1. The van der Waals surface area contributed by atoms with Crippen LogP contribution in [-0.2, 0) is 24.3 Å². The van der Waals surface area contributed by atoms with Crippen LogP contribution in [0, 0.1) is 25.7 Å². The van der Waals surface area contributed by atoms with Crippen LogP contribution in [0.2, 0.25) is 0 Å². The van der Waals surface area contributed by atoms with Crippen LogP contribution in [0.5, 0.6) is 0 Å². The number of rotatable bonds is 7. The van der Waals surface area contributed by atoms with Crippen LogP contribution in [0.15, 0.2) is 28.8 Å². The standard InChI is InChI=1S/C23H33N3O2/c1-16-11-17(2)14-26(13-16)15-21-8-6-5-7-20(21)12-24-23(27)10-9-22-18(3)25-28-19(22)4/h5-8,16-17H,9-15H2,1-4H3,(H,24,27). The van der Waals surface area contributed by atoms with Gasteiger partial charge in [0.05, 0.1) is 5.69 Å². The lowest BCUT2D eigenvalue weighted by atomic mass is 9.91. The minimum absolute atomic E-state index is 0.0648. The van der Waals surface area contributed by atoms with Crippen LogP contribution < -0.4 is 5.32 Å². The maximum absolute atomic E-state index is 12.3. The topological polar surface area (TPSA) is 58.4 Å². The van der Waals surface area contributed by atoms with E-state index in [-0.39, 0.29) is 5.91 Å². The Morgan fingerprint density at radius 3 is 2.50 bits per heavy atom. The zero-order chi connectivity index (χ0) is 20.1. The molecule has 1 amide bonds. The molecule has 1 N–H and O–H groups in total. The molecular weight excluding hydrogens is 350 g/mol. The maximum atomic E-state index is 12.3. The first kappa shape index (κ1) is 20.6. The third kappa shape index (κ3) is 5.44. The molecule has 2 atom stereocenters. The first-order chi connectivity index (χ1) is 13.4. The number of carbonyl (C=O) groups excluding carboxylic acids is 1. The maximum Gasteiger partial charge on any atom is 0.220 e. The van der Waals surface area contributed by atoms with Crippen molar-refractivity contribution in [1.29, 1.82) is 0 Å². The Morgan fingerprint density at radius 2 is 1.86 bits per heavy atom. The molecule has 1 saturated heterocycles. The van der Waals surface area contributed by atoms with Crippen LogP contribution in [0.4, 0.5) is 0 Å². The summed E-state index contributed by atoms with van der Waals surface area (Å²) in [6.45, 7) is 12.3. The summed E-state index contributed by atoms with van der Waals surface area (Å²) in [5.41, 5.74) is 4.44. The molecule has 1 aliphatic heterocycles. The molecule has 28 heavy (non-hydrogen) atoms. The highest BCUT2D eigenvalue weighted by Gasteiger charge is 2.22. The van der Waals surface area contributed by atoms with Gasteiger partial charge in [0.15, 0.2) is 0 Å². The van der Waals surface area contributed by atoms with Gasteiger partial charge in [-0.2, -0.15) is 0 Å². The van der Waals surface area contributed by atoms with E-state index in [1.165, 1.54) is 17.5 Å². The minimum atomic E-state index is 0.0648. The van der Waals surface area contributed by atoms with Gasteiger partial charge in [-0.25, -0.2) is 0 Å². The normalized spacial score (nSPS) is 20.3. The van der Waals surface area contributed by atoms with Crippen LogP contribution in [-0.4, -0.2) is 29.1 Å². The summed E-state index contributed by atoms with van der Waals surface area (Å²) in [6, 6.07) is 8.46. The van der Waals surface area contributed by atoms with Crippen LogP contribution in [0.3, 0.4) is 0 Å². The molecule has 1 aromatic carbocycles. The van der Waals surface area contributed by atoms with Gasteiger partial charge in [-0.3, -0.25) is 9.69 Å². The highest BCUT2D eigenvalue weighted by molar-refractivity contribution is 5.76. The van der Waals surface area contributed by atoms with Crippen molar-refractivity contribution in [1.82, 2.24) is 15.4 Å². The summed E-state index contributed by atoms with van der Waals surface area (Å²) < 4.78 is 5.17. The molecule has 0 aliphatic carbocycles. The van der Waals surface area contributed by atoms with Crippen LogP contribution >= 0.6 is 0 Å². The van der Waals surface area contributed by atoms with Crippen molar-refractivity contribution in [2.24, 2.45) is 11.8 Å². The van der Waals surface area contributed by atoms with Gasteiger partial charge < -0.3 is 9.84 Å². The fraction of sp³-hybridized carbons (Fsp3) is 0.565. The molecule has 3 rings (SSSR count). The molecule has 0 saturated carbocycles. The van der Waals surface area contributed by atoms with Gasteiger partial charge >= 0.3 is 0 Å². The SMILES string of the molecule is Cc1noc(C)c1CCC(=O)NCc1ccccc1CN1CC(C)CC(C)C1. The lowest BCUT2D eigenvalue weighted by molar-refractivity contribution is -0.121. The fourth-order valence-electron chi connectivity index (χ4n) is 4.43.